The van der Waals surface area contributed by atoms with Gasteiger partial charge in [-0.15, -0.1) is 0 Å². The number of H-pyrrole nitrogens is 1. The molecule has 0 saturated carbocycles. The molecule has 2 atom stereocenters. The third-order valence-corrected chi connectivity index (χ3v) is 5.62. The molecule has 0 radical (unpaired) electrons. The van der Waals surface area contributed by atoms with Crippen molar-refractivity contribution < 1.29 is 18.2 Å². The Morgan fingerprint density at radius 1 is 1.39 bits per heavy atom. The normalized spacial score (nSPS) is 19.9. The number of nitrogens with one attached hydrogen (secondary N) is 1. The first-order valence-corrected chi connectivity index (χ1v) is 10.1. The number of nitrogen functional groups attached to an aromatic ring is 1. The molecular weight excluding hydrogens is 388 g/mol. The molecule has 3 heterocycles. The van der Waals surface area contributed by atoms with Gasteiger partial charge < -0.3 is 24.1 Å². The van der Waals surface area contributed by atoms with Crippen molar-refractivity contribution in [1.29, 1.82) is 0 Å². The van der Waals surface area contributed by atoms with Crippen molar-refractivity contribution in [2.45, 2.75) is 19.1 Å². The van der Waals surface area contributed by atoms with Crippen LogP contribution in [0.4, 0.5) is 10.3 Å². The number of aromatic amines is 1. The van der Waals surface area contributed by atoms with Crippen molar-refractivity contribution >= 4 is 25.5 Å². The highest BCUT2D eigenvalue weighted by atomic mass is 31.2. The summed E-state index contributed by atoms with van der Waals surface area (Å²) in [5, 5.41) is 0. The fourth-order valence-electron chi connectivity index (χ4n) is 2.90. The van der Waals surface area contributed by atoms with E-state index < -0.39 is 8.38 Å². The number of halogens is 1. The Bertz CT molecular complexity index is 1010. The number of anilines is 1. The number of hydrogen-bond acceptors (Lipinski definition) is 7. The van der Waals surface area contributed by atoms with Gasteiger partial charge in [-0.2, -0.15) is 4.98 Å². The summed E-state index contributed by atoms with van der Waals surface area (Å²) in [6.07, 6.45) is 2.43. The Kier molecular flexibility index (Phi) is 5.63. The molecule has 3 aromatic rings. The first kappa shape index (κ1) is 18.9. The maximum atomic E-state index is 13.1. The number of aromatic nitrogens is 4. The molecule has 28 heavy (non-hydrogen) atoms. The minimum absolute atomic E-state index is 0.0412. The van der Waals surface area contributed by atoms with Gasteiger partial charge in [-0.25, -0.2) is 9.37 Å². The lowest BCUT2D eigenvalue weighted by molar-refractivity contribution is 0.0819. The van der Waals surface area contributed by atoms with Crippen LogP contribution >= 0.6 is 8.38 Å². The molecule has 0 amide bonds. The summed E-state index contributed by atoms with van der Waals surface area (Å²) >= 11 is 0. The van der Waals surface area contributed by atoms with E-state index in [0.717, 1.165) is 5.56 Å². The summed E-state index contributed by atoms with van der Waals surface area (Å²) in [5.74, 6) is -0.230. The molecule has 1 aliphatic heterocycles. The van der Waals surface area contributed by atoms with Crippen molar-refractivity contribution in [3.05, 3.63) is 52.3 Å². The molecule has 2 aromatic heterocycles. The van der Waals surface area contributed by atoms with E-state index in [1.54, 1.807) is 16.7 Å². The molecule has 0 aliphatic carbocycles. The smallest absolute Gasteiger partial charge is 0.280 e. The average Bonchev–Trinajstić information content (AvgIpc) is 3.09. The van der Waals surface area contributed by atoms with E-state index >= 15 is 0 Å². The molecule has 1 aromatic carbocycles. The van der Waals surface area contributed by atoms with E-state index in [4.69, 9.17) is 19.5 Å². The summed E-state index contributed by atoms with van der Waals surface area (Å²) in [6.45, 7) is 1.39. The maximum absolute atomic E-state index is 13.1. The van der Waals surface area contributed by atoms with Crippen molar-refractivity contribution in [2.24, 2.45) is 0 Å². The predicted molar refractivity (Wildman–Crippen MR) is 101 cm³/mol. The Balaban J connectivity index is 1.29. The van der Waals surface area contributed by atoms with Crippen molar-refractivity contribution in [1.82, 2.24) is 19.5 Å². The summed E-state index contributed by atoms with van der Waals surface area (Å²) in [7, 11) is -1.19. The quantitative estimate of drug-likeness (QED) is 0.476. The van der Waals surface area contributed by atoms with Gasteiger partial charge in [0, 0.05) is 13.0 Å². The van der Waals surface area contributed by atoms with Gasteiger partial charge in [-0.1, -0.05) is 12.1 Å². The highest BCUT2D eigenvalue weighted by molar-refractivity contribution is 7.47. The van der Waals surface area contributed by atoms with Gasteiger partial charge in [0.25, 0.3) is 5.56 Å². The zero-order valence-electron chi connectivity index (χ0n) is 14.9. The summed E-state index contributed by atoms with van der Waals surface area (Å²) < 4.78 is 32.1. The standard InChI is InChI=1S/C17H19FN5O4P/c18-12-3-1-11(2-4-12)13-5-7-26-28(27-13)10-25-8-6-23-9-20-14-15(23)21-17(19)22-16(14)24/h1-4,9,13H,5-8,10H2,(H3,19,21,22,24). The van der Waals surface area contributed by atoms with Crippen molar-refractivity contribution in [2.75, 3.05) is 25.3 Å². The second-order valence-electron chi connectivity index (χ2n) is 6.20. The van der Waals surface area contributed by atoms with Crippen LogP contribution in [-0.4, -0.2) is 39.1 Å². The minimum Gasteiger partial charge on any atom is -0.370 e. The summed E-state index contributed by atoms with van der Waals surface area (Å²) in [5.41, 5.74) is 6.79. The van der Waals surface area contributed by atoms with Crippen LogP contribution in [0.25, 0.3) is 11.2 Å². The van der Waals surface area contributed by atoms with Crippen molar-refractivity contribution in [3.8, 4) is 0 Å². The molecule has 1 fully saturated rings. The zero-order chi connectivity index (χ0) is 19.5. The van der Waals surface area contributed by atoms with Crippen LogP contribution in [0.1, 0.15) is 18.1 Å². The number of ether oxygens (including phenoxy) is 1. The van der Waals surface area contributed by atoms with Crippen LogP contribution in [0.2, 0.25) is 0 Å². The zero-order valence-corrected chi connectivity index (χ0v) is 15.8. The van der Waals surface area contributed by atoms with Gasteiger partial charge in [-0.05, 0) is 17.7 Å². The van der Waals surface area contributed by atoms with Crippen LogP contribution in [0.5, 0.6) is 0 Å². The van der Waals surface area contributed by atoms with Crippen LogP contribution in [0.15, 0.2) is 35.4 Å². The average molecular weight is 407 g/mol. The second-order valence-corrected chi connectivity index (χ2v) is 7.59. The fraction of sp³-hybridized carbons (Fsp3) is 0.353. The number of nitrogens with two attached hydrogens (primary N) is 1. The fourth-order valence-corrected chi connectivity index (χ4v) is 4.19. The monoisotopic (exact) mass is 407 g/mol. The number of rotatable bonds is 6. The third-order valence-electron chi connectivity index (χ3n) is 4.27. The highest BCUT2D eigenvalue weighted by Gasteiger charge is 2.25. The molecule has 0 bridgehead atoms. The molecule has 148 valence electrons. The Hall–Kier alpha value is -2.39. The van der Waals surface area contributed by atoms with Gasteiger partial charge in [0.1, 0.15) is 12.2 Å². The van der Waals surface area contributed by atoms with Crippen LogP contribution in [0, 0.1) is 5.82 Å². The van der Waals surface area contributed by atoms with Gasteiger partial charge in [-0.3, -0.25) is 9.78 Å². The van der Waals surface area contributed by atoms with E-state index in [1.807, 2.05) is 0 Å². The first-order chi connectivity index (χ1) is 13.6. The van der Waals surface area contributed by atoms with Gasteiger partial charge in [0.2, 0.25) is 5.95 Å². The summed E-state index contributed by atoms with van der Waals surface area (Å²) in [4.78, 5) is 22.4. The first-order valence-electron chi connectivity index (χ1n) is 8.71. The van der Waals surface area contributed by atoms with Crippen LogP contribution < -0.4 is 11.3 Å². The Labute approximate surface area is 160 Å². The molecule has 2 unspecified atom stereocenters. The lowest BCUT2D eigenvalue weighted by Crippen LogP contribution is -2.15. The SMILES string of the molecule is Nc1nc2c(ncn2CCOCP2OCCC(c3ccc(F)cc3)O2)c(=O)[nH]1. The molecule has 0 spiro atoms. The lowest BCUT2D eigenvalue weighted by Gasteiger charge is -2.29. The number of fused-ring (bicyclic) bond motifs is 1. The molecule has 11 heteroatoms. The number of hydrogen-bond donors (Lipinski definition) is 2. The van der Waals surface area contributed by atoms with Gasteiger partial charge in [0.15, 0.2) is 19.5 Å². The number of benzene rings is 1. The summed E-state index contributed by atoms with van der Waals surface area (Å²) in [6, 6.07) is 6.30. The Morgan fingerprint density at radius 2 is 2.21 bits per heavy atom. The molecule has 3 N–H and O–H groups in total. The van der Waals surface area contributed by atoms with E-state index in [2.05, 4.69) is 15.0 Å². The Morgan fingerprint density at radius 3 is 3.04 bits per heavy atom. The molecular formula is C17H19FN5O4P. The third kappa shape index (κ3) is 4.20. The lowest BCUT2D eigenvalue weighted by atomic mass is 10.1. The second kappa shape index (κ2) is 8.32. The minimum atomic E-state index is -1.19. The number of nitrogens with zero attached hydrogens (tertiary/aromatic N) is 3. The van der Waals surface area contributed by atoms with Crippen molar-refractivity contribution in [3.63, 3.8) is 0 Å². The van der Waals surface area contributed by atoms with Crippen LogP contribution in [-0.2, 0) is 20.3 Å². The van der Waals surface area contributed by atoms with E-state index in [1.165, 1.54) is 18.5 Å². The van der Waals surface area contributed by atoms with E-state index in [-0.39, 0.29) is 28.9 Å². The predicted octanol–water partition coefficient (Wildman–Crippen LogP) is 2.31. The highest BCUT2D eigenvalue weighted by Crippen LogP contribution is 2.48. The molecule has 1 saturated heterocycles. The molecule has 1 aliphatic rings. The van der Waals surface area contributed by atoms with Crippen LogP contribution in [0.3, 0.4) is 0 Å². The van der Waals surface area contributed by atoms with E-state index in [0.29, 0.717) is 38.2 Å². The molecule has 4 rings (SSSR count). The molecule has 9 nitrogen and oxygen atoms in total. The maximum Gasteiger partial charge on any atom is 0.280 e. The van der Waals surface area contributed by atoms with E-state index in [9.17, 15) is 9.18 Å². The van der Waals surface area contributed by atoms with Gasteiger partial charge >= 0.3 is 0 Å². The number of imidazole rings is 1. The topological polar surface area (TPSA) is 117 Å². The largest absolute Gasteiger partial charge is 0.370 e. The van der Waals surface area contributed by atoms with Gasteiger partial charge in [0.05, 0.1) is 25.6 Å².